The van der Waals surface area contributed by atoms with Crippen molar-refractivity contribution in [2.45, 2.75) is 39.8 Å². The summed E-state index contributed by atoms with van der Waals surface area (Å²) in [5, 5.41) is 4.69. The molecule has 0 bridgehead atoms. The number of nitrogens with zero attached hydrogens (tertiary/aromatic N) is 1. The third-order valence-corrected chi connectivity index (χ3v) is 2.89. The van der Waals surface area contributed by atoms with E-state index in [1.165, 1.54) is 13.2 Å². The summed E-state index contributed by atoms with van der Waals surface area (Å²) < 4.78 is 23.4. The van der Waals surface area contributed by atoms with Gasteiger partial charge in [-0.15, -0.1) is 0 Å². The minimum absolute atomic E-state index is 0.0722. The van der Waals surface area contributed by atoms with Crippen molar-refractivity contribution in [3.63, 3.8) is 0 Å². The van der Waals surface area contributed by atoms with Crippen LogP contribution in [0.15, 0.2) is 23.9 Å². The number of methoxy groups -OCH3 is 1. The van der Waals surface area contributed by atoms with E-state index in [-0.39, 0.29) is 23.6 Å². The van der Waals surface area contributed by atoms with Gasteiger partial charge >= 0.3 is 12.1 Å². The lowest BCUT2D eigenvalue weighted by Gasteiger charge is -2.19. The van der Waals surface area contributed by atoms with Crippen LogP contribution < -0.4 is 10.6 Å². The number of halogens is 1. The lowest BCUT2D eigenvalue weighted by molar-refractivity contribution is -0.136. The number of esters is 1. The van der Waals surface area contributed by atoms with E-state index in [4.69, 9.17) is 4.74 Å². The number of rotatable bonds is 5. The average molecular weight is 367 g/mol. The largest absolute Gasteiger partial charge is 0.464 e. The second-order valence-corrected chi connectivity index (χ2v) is 6.13. The Morgan fingerprint density at radius 1 is 1.27 bits per heavy atom. The molecule has 1 rings (SSSR count). The lowest BCUT2D eigenvalue weighted by Crippen LogP contribution is -2.33. The Kier molecular flexibility index (Phi) is 7.24. The molecule has 2 amide bonds. The minimum Gasteiger partial charge on any atom is -0.464 e. The summed E-state index contributed by atoms with van der Waals surface area (Å²) in [5.41, 5.74) is -1.05. The number of hydrogen-bond acceptors (Lipinski definition) is 6. The third kappa shape index (κ3) is 6.50. The smallest absolute Gasteiger partial charge is 0.407 e. The molecule has 0 aliphatic rings. The summed E-state index contributed by atoms with van der Waals surface area (Å²) in [6.45, 7) is 6.35. The number of alkyl carbamates (subject to hydrolysis) is 1. The van der Waals surface area contributed by atoms with Crippen LogP contribution in [0.5, 0.6) is 0 Å². The van der Waals surface area contributed by atoms with Gasteiger partial charge in [0.05, 0.1) is 19.3 Å². The van der Waals surface area contributed by atoms with E-state index in [0.29, 0.717) is 0 Å². The second-order valence-electron chi connectivity index (χ2n) is 6.13. The Labute approximate surface area is 150 Å². The van der Waals surface area contributed by atoms with Gasteiger partial charge in [0.25, 0.3) is 5.91 Å². The number of aromatic nitrogens is 1. The molecule has 0 fully saturated rings. The van der Waals surface area contributed by atoms with Crippen LogP contribution in [0.2, 0.25) is 0 Å². The molecule has 26 heavy (non-hydrogen) atoms. The van der Waals surface area contributed by atoms with Crippen molar-refractivity contribution < 1.29 is 28.2 Å². The molecule has 1 aromatic heterocycles. The van der Waals surface area contributed by atoms with Crippen molar-refractivity contribution in [3.05, 3.63) is 41.1 Å². The molecule has 9 heteroatoms. The standard InChI is InChI=1S/C17H22FN3O5/c1-6-11(15(23)25-5)21-14(22)12-8-7-10(18)13(20-12)9-19-16(24)26-17(2,3)4/h6-8H,9H2,1-5H3,(H,19,24)(H,21,22)/b11-6+. The first-order chi connectivity index (χ1) is 12.1. The highest BCUT2D eigenvalue weighted by molar-refractivity contribution is 5.99. The third-order valence-electron chi connectivity index (χ3n) is 2.89. The topological polar surface area (TPSA) is 107 Å². The fourth-order valence-electron chi connectivity index (χ4n) is 1.74. The Morgan fingerprint density at radius 3 is 2.46 bits per heavy atom. The van der Waals surface area contributed by atoms with Crippen LogP contribution >= 0.6 is 0 Å². The first-order valence-corrected chi connectivity index (χ1v) is 7.75. The highest BCUT2D eigenvalue weighted by Crippen LogP contribution is 2.09. The molecule has 1 heterocycles. The number of ether oxygens (including phenoxy) is 2. The van der Waals surface area contributed by atoms with Gasteiger partial charge in [0.15, 0.2) is 0 Å². The van der Waals surface area contributed by atoms with Gasteiger partial charge in [0.1, 0.15) is 22.8 Å². The zero-order valence-corrected chi connectivity index (χ0v) is 15.3. The zero-order valence-electron chi connectivity index (χ0n) is 15.3. The fraction of sp³-hybridized carbons (Fsp3) is 0.412. The monoisotopic (exact) mass is 367 g/mol. The molecule has 0 radical (unpaired) electrons. The molecule has 0 aliphatic carbocycles. The molecule has 2 N–H and O–H groups in total. The van der Waals surface area contributed by atoms with Crippen LogP contribution in [0.3, 0.4) is 0 Å². The maximum absolute atomic E-state index is 13.9. The number of carbonyl (C=O) groups excluding carboxylic acids is 3. The molecule has 0 saturated heterocycles. The van der Waals surface area contributed by atoms with E-state index in [0.717, 1.165) is 12.1 Å². The molecular formula is C17H22FN3O5. The van der Waals surface area contributed by atoms with Gasteiger partial charge in [-0.3, -0.25) is 4.79 Å². The Morgan fingerprint density at radius 2 is 1.92 bits per heavy atom. The van der Waals surface area contributed by atoms with Gasteiger partial charge in [-0.25, -0.2) is 19.0 Å². The van der Waals surface area contributed by atoms with Crippen LogP contribution in [0, 0.1) is 5.82 Å². The molecule has 0 spiro atoms. The number of hydrogen-bond donors (Lipinski definition) is 2. The van der Waals surface area contributed by atoms with Gasteiger partial charge < -0.3 is 20.1 Å². The molecular weight excluding hydrogens is 345 g/mol. The predicted octanol–water partition coefficient (Wildman–Crippen LogP) is 2.05. The van der Waals surface area contributed by atoms with E-state index < -0.39 is 29.4 Å². The summed E-state index contributed by atoms with van der Waals surface area (Å²) in [5.74, 6) is -2.14. The summed E-state index contributed by atoms with van der Waals surface area (Å²) in [7, 11) is 1.18. The van der Waals surface area contributed by atoms with Gasteiger partial charge in [-0.1, -0.05) is 6.08 Å². The quantitative estimate of drug-likeness (QED) is 0.609. The number of pyridine rings is 1. The summed E-state index contributed by atoms with van der Waals surface area (Å²) in [6.07, 6.45) is 0.619. The Balaban J connectivity index is 2.85. The van der Waals surface area contributed by atoms with Crippen LogP contribution in [-0.4, -0.2) is 35.7 Å². The molecule has 0 atom stereocenters. The van der Waals surface area contributed by atoms with E-state index >= 15 is 0 Å². The van der Waals surface area contributed by atoms with Crippen molar-refractivity contribution in [1.29, 1.82) is 0 Å². The Hall–Kier alpha value is -2.97. The number of nitrogens with one attached hydrogen (secondary N) is 2. The molecule has 0 aliphatic heterocycles. The van der Waals surface area contributed by atoms with E-state index in [1.54, 1.807) is 27.7 Å². The van der Waals surface area contributed by atoms with Gasteiger partial charge in [0, 0.05) is 0 Å². The molecule has 0 saturated carbocycles. The van der Waals surface area contributed by atoms with Crippen LogP contribution in [0.4, 0.5) is 9.18 Å². The number of amides is 2. The maximum atomic E-state index is 13.9. The highest BCUT2D eigenvalue weighted by atomic mass is 19.1. The van der Waals surface area contributed by atoms with Crippen molar-refractivity contribution in [1.82, 2.24) is 15.6 Å². The lowest BCUT2D eigenvalue weighted by atomic mass is 10.2. The van der Waals surface area contributed by atoms with E-state index in [9.17, 15) is 18.8 Å². The molecule has 142 valence electrons. The van der Waals surface area contributed by atoms with Crippen molar-refractivity contribution >= 4 is 18.0 Å². The molecule has 8 nitrogen and oxygen atoms in total. The maximum Gasteiger partial charge on any atom is 0.407 e. The summed E-state index contributed by atoms with van der Waals surface area (Å²) in [4.78, 5) is 39.2. The SMILES string of the molecule is C/C=C(/NC(=O)c1ccc(F)c(CNC(=O)OC(C)(C)C)n1)C(=O)OC. The van der Waals surface area contributed by atoms with Crippen molar-refractivity contribution in [2.24, 2.45) is 0 Å². The van der Waals surface area contributed by atoms with Crippen LogP contribution in [-0.2, 0) is 20.8 Å². The fourth-order valence-corrected chi connectivity index (χ4v) is 1.74. The highest BCUT2D eigenvalue weighted by Gasteiger charge is 2.19. The van der Waals surface area contributed by atoms with Crippen molar-refractivity contribution in [2.75, 3.05) is 7.11 Å². The van der Waals surface area contributed by atoms with Gasteiger partial charge in [0.2, 0.25) is 0 Å². The normalized spacial score (nSPS) is 11.5. The number of carbonyl (C=O) groups is 3. The zero-order chi connectivity index (χ0) is 19.9. The summed E-state index contributed by atoms with van der Waals surface area (Å²) >= 11 is 0. The Bertz CT molecular complexity index is 726. The molecule has 1 aromatic rings. The molecule has 0 unspecified atom stereocenters. The van der Waals surface area contributed by atoms with Crippen LogP contribution in [0.25, 0.3) is 0 Å². The predicted molar refractivity (Wildman–Crippen MR) is 90.5 cm³/mol. The van der Waals surface area contributed by atoms with E-state index in [2.05, 4.69) is 20.4 Å². The van der Waals surface area contributed by atoms with Crippen molar-refractivity contribution in [3.8, 4) is 0 Å². The first-order valence-electron chi connectivity index (χ1n) is 7.75. The second kappa shape index (κ2) is 8.93. The molecule has 0 aromatic carbocycles. The van der Waals surface area contributed by atoms with Crippen LogP contribution in [0.1, 0.15) is 43.9 Å². The minimum atomic E-state index is -0.740. The van der Waals surface area contributed by atoms with Gasteiger partial charge in [-0.05, 0) is 39.8 Å². The number of allylic oxidation sites excluding steroid dienone is 1. The average Bonchev–Trinajstić information content (AvgIpc) is 2.56. The summed E-state index contributed by atoms with van der Waals surface area (Å²) in [6, 6.07) is 2.20. The van der Waals surface area contributed by atoms with Gasteiger partial charge in [-0.2, -0.15) is 0 Å². The first kappa shape index (κ1) is 21.1. The van der Waals surface area contributed by atoms with E-state index in [1.807, 2.05) is 0 Å².